The van der Waals surface area contributed by atoms with E-state index in [9.17, 15) is 43.6 Å². The molecule has 6 N–H and O–H groups in total. The van der Waals surface area contributed by atoms with E-state index in [0.717, 1.165) is 25.0 Å². The van der Waals surface area contributed by atoms with Gasteiger partial charge in [-0.25, -0.2) is 13.6 Å². The first-order valence-electron chi connectivity index (χ1n) is 13.3. The predicted octanol–water partition coefficient (Wildman–Crippen LogP) is 1.50. The van der Waals surface area contributed by atoms with Crippen molar-refractivity contribution in [3.8, 4) is 0 Å². The first-order chi connectivity index (χ1) is 19.9. The number of aliphatic carboxylic acids is 1. The summed E-state index contributed by atoms with van der Waals surface area (Å²) in [6, 6.07) is 7.65. The van der Waals surface area contributed by atoms with E-state index in [0.29, 0.717) is 5.02 Å². The molecule has 0 radical (unpaired) electrons. The van der Waals surface area contributed by atoms with E-state index >= 15 is 0 Å². The summed E-state index contributed by atoms with van der Waals surface area (Å²) in [5, 5.41) is 48.2. The number of aliphatic hydroxyl groups excluding tert-OH is 3. The number of carboxylic acid groups (broad SMARTS) is 1. The SMILES string of the molecule is O=C(CC1CC1)N[C@H]1[C@H]([C@H](O)[C@H](O)CNC(=O)c2ccc(Cl)cc2)O[C@@](OCc2cccc(F)c2F)(C(=O)O)C[C@@H]1O. The Morgan fingerprint density at radius 1 is 1.12 bits per heavy atom. The zero-order valence-electron chi connectivity index (χ0n) is 22.2. The molecule has 1 aliphatic heterocycles. The van der Waals surface area contributed by atoms with Gasteiger partial charge >= 0.3 is 5.97 Å². The fourth-order valence-corrected chi connectivity index (χ4v) is 4.76. The number of benzene rings is 2. The van der Waals surface area contributed by atoms with E-state index in [1.807, 2.05) is 0 Å². The van der Waals surface area contributed by atoms with Crippen molar-refractivity contribution >= 4 is 29.4 Å². The molecule has 1 heterocycles. The second kappa shape index (κ2) is 13.4. The molecule has 2 aliphatic rings. The van der Waals surface area contributed by atoms with Gasteiger partial charge in [0.05, 0.1) is 24.9 Å². The number of carboxylic acids is 1. The summed E-state index contributed by atoms with van der Waals surface area (Å²) >= 11 is 5.82. The van der Waals surface area contributed by atoms with E-state index in [2.05, 4.69) is 10.6 Å². The van der Waals surface area contributed by atoms with Gasteiger partial charge in [0.1, 0.15) is 12.2 Å². The van der Waals surface area contributed by atoms with Gasteiger partial charge in [-0.15, -0.1) is 0 Å². The van der Waals surface area contributed by atoms with Crippen molar-refractivity contribution in [3.05, 3.63) is 70.2 Å². The van der Waals surface area contributed by atoms with Crippen molar-refractivity contribution in [2.75, 3.05) is 6.54 Å². The molecule has 0 bridgehead atoms. The van der Waals surface area contributed by atoms with E-state index in [1.54, 1.807) is 0 Å². The highest BCUT2D eigenvalue weighted by molar-refractivity contribution is 6.30. The maximum Gasteiger partial charge on any atom is 0.364 e. The van der Waals surface area contributed by atoms with Gasteiger partial charge in [0.15, 0.2) is 11.6 Å². The second-order valence-electron chi connectivity index (χ2n) is 10.4. The van der Waals surface area contributed by atoms with Gasteiger partial charge in [0.2, 0.25) is 5.91 Å². The molecule has 14 heteroatoms. The van der Waals surface area contributed by atoms with Crippen LogP contribution in [0.25, 0.3) is 0 Å². The minimum absolute atomic E-state index is 0.130. The van der Waals surface area contributed by atoms with Crippen LogP contribution < -0.4 is 10.6 Å². The Morgan fingerprint density at radius 3 is 2.45 bits per heavy atom. The van der Waals surface area contributed by atoms with Crippen molar-refractivity contribution in [2.24, 2.45) is 5.92 Å². The van der Waals surface area contributed by atoms with Crippen molar-refractivity contribution in [1.82, 2.24) is 10.6 Å². The number of ether oxygens (including phenoxy) is 2. The van der Waals surface area contributed by atoms with Crippen LogP contribution in [0.2, 0.25) is 5.02 Å². The smallest absolute Gasteiger partial charge is 0.364 e. The Labute approximate surface area is 244 Å². The molecule has 11 nitrogen and oxygen atoms in total. The van der Waals surface area contributed by atoms with E-state index in [1.165, 1.54) is 30.3 Å². The molecule has 1 saturated heterocycles. The zero-order valence-corrected chi connectivity index (χ0v) is 23.0. The molecule has 2 fully saturated rings. The van der Waals surface area contributed by atoms with Crippen molar-refractivity contribution in [1.29, 1.82) is 0 Å². The van der Waals surface area contributed by atoms with Crippen LogP contribution in [0.1, 0.15) is 41.6 Å². The molecule has 228 valence electrons. The normalized spacial score (nSPS) is 25.3. The molecule has 0 aromatic heterocycles. The minimum Gasteiger partial charge on any atom is -0.477 e. The number of amides is 2. The lowest BCUT2D eigenvalue weighted by Crippen LogP contribution is -2.68. The lowest BCUT2D eigenvalue weighted by atomic mass is 9.88. The molecule has 1 aliphatic carbocycles. The number of hydrogen-bond donors (Lipinski definition) is 6. The van der Waals surface area contributed by atoms with Crippen LogP contribution in [0.3, 0.4) is 0 Å². The summed E-state index contributed by atoms with van der Waals surface area (Å²) in [7, 11) is 0. The summed E-state index contributed by atoms with van der Waals surface area (Å²) in [6.45, 7) is -1.32. The molecule has 6 atom stereocenters. The summed E-state index contributed by atoms with van der Waals surface area (Å²) in [5.74, 6) is -7.86. The van der Waals surface area contributed by atoms with Crippen LogP contribution in [0.5, 0.6) is 0 Å². The summed E-state index contributed by atoms with van der Waals surface area (Å²) in [5.41, 5.74) is -0.130. The van der Waals surface area contributed by atoms with Gasteiger partial charge in [-0.05, 0) is 49.1 Å². The maximum absolute atomic E-state index is 14.2. The van der Waals surface area contributed by atoms with Gasteiger partial charge in [0, 0.05) is 35.5 Å². The van der Waals surface area contributed by atoms with Crippen molar-refractivity contribution < 1.29 is 53.1 Å². The number of hydrogen-bond acceptors (Lipinski definition) is 8. The van der Waals surface area contributed by atoms with E-state index in [-0.39, 0.29) is 23.5 Å². The van der Waals surface area contributed by atoms with Crippen LogP contribution in [-0.4, -0.2) is 81.0 Å². The van der Waals surface area contributed by atoms with Gasteiger partial charge in [-0.2, -0.15) is 0 Å². The first kappa shape index (κ1) is 31.7. The Balaban J connectivity index is 1.53. The first-order valence-corrected chi connectivity index (χ1v) is 13.6. The van der Waals surface area contributed by atoms with Crippen molar-refractivity contribution in [3.63, 3.8) is 0 Å². The zero-order chi connectivity index (χ0) is 30.6. The van der Waals surface area contributed by atoms with Gasteiger partial charge in [-0.1, -0.05) is 23.7 Å². The molecule has 2 aromatic rings. The third-order valence-electron chi connectivity index (χ3n) is 7.20. The number of aliphatic hydroxyl groups is 3. The second-order valence-corrected chi connectivity index (χ2v) is 10.9. The Kier molecular flexibility index (Phi) is 10.1. The molecule has 42 heavy (non-hydrogen) atoms. The lowest BCUT2D eigenvalue weighted by molar-refractivity contribution is -0.314. The molecule has 0 unspecified atom stereocenters. The number of nitrogens with one attached hydrogen (secondary N) is 2. The topological polar surface area (TPSA) is 175 Å². The third-order valence-corrected chi connectivity index (χ3v) is 7.45. The molecule has 0 spiro atoms. The largest absolute Gasteiger partial charge is 0.477 e. The quantitative estimate of drug-likeness (QED) is 0.208. The third kappa shape index (κ3) is 7.60. The Morgan fingerprint density at radius 2 is 1.81 bits per heavy atom. The molecule has 4 rings (SSSR count). The molecule has 2 amide bonds. The molecule has 2 aromatic carbocycles. The highest BCUT2D eigenvalue weighted by Crippen LogP contribution is 2.36. The molecular formula is C28H31ClF2N2O9. The number of carbonyl (C=O) groups is 3. The average Bonchev–Trinajstić information content (AvgIpc) is 3.77. The fraction of sp³-hybridized carbons (Fsp3) is 0.464. The number of halogens is 3. The van der Waals surface area contributed by atoms with Crippen LogP contribution >= 0.6 is 11.6 Å². The molecular weight excluding hydrogens is 582 g/mol. The van der Waals surface area contributed by atoms with Gasteiger partial charge in [0.25, 0.3) is 11.7 Å². The number of carbonyl (C=O) groups excluding carboxylic acids is 2. The summed E-state index contributed by atoms with van der Waals surface area (Å²) < 4.78 is 39.0. The Bertz CT molecular complexity index is 1300. The fourth-order valence-electron chi connectivity index (χ4n) is 4.64. The van der Waals surface area contributed by atoms with Gasteiger partial charge < -0.3 is 40.5 Å². The number of rotatable bonds is 12. The standard InChI is InChI=1S/C28H31ClF2N2O9/c29-17-8-6-15(7-9-17)26(38)32-12-20(35)24(37)25-23(33-21(36)10-14-4-5-14)19(34)11-28(42-25,27(39)40)41-13-16-2-1-3-18(30)22(16)31/h1-3,6-9,14,19-20,23-25,34-35,37H,4-5,10-13H2,(H,32,38)(H,33,36)(H,39,40)/t19-,20+,23+,24+,25+,28+/m0/s1. The predicted molar refractivity (Wildman–Crippen MR) is 142 cm³/mol. The van der Waals surface area contributed by atoms with Crippen LogP contribution in [0.4, 0.5) is 8.78 Å². The van der Waals surface area contributed by atoms with Crippen LogP contribution in [0.15, 0.2) is 42.5 Å². The van der Waals surface area contributed by atoms with E-state index in [4.69, 9.17) is 21.1 Å². The highest BCUT2D eigenvalue weighted by Gasteiger charge is 2.56. The van der Waals surface area contributed by atoms with Crippen LogP contribution in [-0.2, 0) is 25.7 Å². The summed E-state index contributed by atoms with van der Waals surface area (Å²) in [4.78, 5) is 37.5. The van der Waals surface area contributed by atoms with Crippen LogP contribution in [0, 0.1) is 17.6 Å². The van der Waals surface area contributed by atoms with Gasteiger partial charge in [-0.3, -0.25) is 9.59 Å². The highest BCUT2D eigenvalue weighted by atomic mass is 35.5. The lowest BCUT2D eigenvalue weighted by Gasteiger charge is -2.46. The molecule has 1 saturated carbocycles. The maximum atomic E-state index is 14.2. The van der Waals surface area contributed by atoms with Crippen molar-refractivity contribution in [2.45, 2.75) is 68.5 Å². The minimum atomic E-state index is -2.69. The monoisotopic (exact) mass is 612 g/mol. The van der Waals surface area contributed by atoms with E-state index < -0.39 is 85.2 Å². The summed E-state index contributed by atoms with van der Waals surface area (Å²) in [6.07, 6.45) is -6.12. The Hall–Kier alpha value is -3.20. The average molecular weight is 613 g/mol.